The maximum atomic E-state index is 7.47. The lowest BCUT2D eigenvalue weighted by atomic mass is 10.1. The van der Waals surface area contributed by atoms with E-state index in [-0.39, 0.29) is 6.23 Å². The van der Waals surface area contributed by atoms with Gasteiger partial charge in [0, 0.05) is 27.6 Å². The number of benzene rings is 1. The van der Waals surface area contributed by atoms with Crippen LogP contribution in [0.1, 0.15) is 24.8 Å². The van der Waals surface area contributed by atoms with Crippen molar-refractivity contribution in [1.82, 2.24) is 0 Å². The van der Waals surface area contributed by atoms with Gasteiger partial charge < -0.3 is 15.5 Å². The summed E-state index contributed by atoms with van der Waals surface area (Å²) in [6, 6.07) is 3.75. The van der Waals surface area contributed by atoms with Crippen molar-refractivity contribution in [3.8, 4) is 0 Å². The fourth-order valence-corrected chi connectivity index (χ4v) is 2.65. The molecule has 0 spiro atoms. The predicted molar refractivity (Wildman–Crippen MR) is 79.3 cm³/mol. The molecule has 3 nitrogen and oxygen atoms in total. The molecule has 1 aromatic carbocycles. The minimum absolute atomic E-state index is 0.0550. The predicted octanol–water partition coefficient (Wildman–Crippen LogP) is 3.88. The molecule has 2 N–H and O–H groups in total. The van der Waals surface area contributed by atoms with Crippen LogP contribution < -0.4 is 5.32 Å². The van der Waals surface area contributed by atoms with Gasteiger partial charge in [-0.25, -0.2) is 0 Å². The van der Waals surface area contributed by atoms with Crippen molar-refractivity contribution < 1.29 is 4.74 Å². The van der Waals surface area contributed by atoms with Gasteiger partial charge in [-0.1, -0.05) is 11.6 Å². The maximum absolute atomic E-state index is 7.47. The zero-order valence-electron chi connectivity index (χ0n) is 9.30. The summed E-state index contributed by atoms with van der Waals surface area (Å²) in [6.07, 6.45) is 4.71. The lowest BCUT2D eigenvalue weighted by Crippen LogP contribution is -2.27. The second-order valence-corrected chi connectivity index (χ2v) is 5.45. The van der Waals surface area contributed by atoms with Gasteiger partial charge in [-0.15, -0.1) is 0 Å². The van der Waals surface area contributed by atoms with Crippen LogP contribution in [0.4, 0.5) is 5.69 Å². The Kier molecular flexibility index (Phi) is 4.64. The second-order valence-electron chi connectivity index (χ2n) is 3.97. The van der Waals surface area contributed by atoms with Crippen molar-refractivity contribution in [3.05, 3.63) is 26.3 Å². The normalized spacial score (nSPS) is 20.0. The third-order valence-corrected chi connectivity index (χ3v) is 4.57. The number of halogens is 2. The first-order chi connectivity index (χ1) is 8.22. The lowest BCUT2D eigenvalue weighted by molar-refractivity contribution is 0.0343. The molecule has 0 saturated carbocycles. The Morgan fingerprint density at radius 3 is 2.94 bits per heavy atom. The minimum atomic E-state index is 0.0550. The second kappa shape index (κ2) is 6.02. The molecule has 1 unspecified atom stereocenters. The molecule has 0 aromatic heterocycles. The van der Waals surface area contributed by atoms with Crippen molar-refractivity contribution in [1.29, 1.82) is 5.41 Å². The van der Waals surface area contributed by atoms with Crippen LogP contribution in [-0.4, -0.2) is 19.0 Å². The Labute approximate surface area is 120 Å². The van der Waals surface area contributed by atoms with E-state index in [0.29, 0.717) is 5.02 Å². The molecule has 0 bridgehead atoms. The number of ether oxygens (including phenoxy) is 1. The van der Waals surface area contributed by atoms with Crippen LogP contribution >= 0.6 is 34.2 Å². The van der Waals surface area contributed by atoms with Gasteiger partial charge in [-0.05, 0) is 54.0 Å². The number of hydrogen-bond acceptors (Lipinski definition) is 3. The summed E-state index contributed by atoms with van der Waals surface area (Å²) >= 11 is 8.20. The molecule has 1 saturated heterocycles. The fraction of sp³-hybridized carbons (Fsp3) is 0.417. The number of nitrogens with one attached hydrogen (secondary N) is 2. The average molecular weight is 365 g/mol. The molecule has 5 heteroatoms. The number of anilines is 1. The van der Waals surface area contributed by atoms with Crippen LogP contribution in [0.15, 0.2) is 12.1 Å². The Balaban J connectivity index is 2.19. The van der Waals surface area contributed by atoms with E-state index >= 15 is 0 Å². The smallest absolute Gasteiger partial charge is 0.127 e. The summed E-state index contributed by atoms with van der Waals surface area (Å²) in [7, 11) is 0. The summed E-state index contributed by atoms with van der Waals surface area (Å²) in [5.41, 5.74) is 1.74. The molecule has 92 valence electrons. The van der Waals surface area contributed by atoms with Gasteiger partial charge in [0.2, 0.25) is 0 Å². The molecule has 1 aromatic rings. The molecular formula is C12H14ClIN2O. The first kappa shape index (κ1) is 13.1. The number of rotatable bonds is 3. The van der Waals surface area contributed by atoms with Gasteiger partial charge in [0.15, 0.2) is 0 Å². The first-order valence-corrected chi connectivity index (χ1v) is 7.04. The summed E-state index contributed by atoms with van der Waals surface area (Å²) in [5, 5.41) is 11.5. The van der Waals surface area contributed by atoms with E-state index in [2.05, 4.69) is 27.9 Å². The number of hydrogen-bond donors (Lipinski definition) is 2. The summed E-state index contributed by atoms with van der Waals surface area (Å²) in [5.74, 6) is 0. The average Bonchev–Trinajstić information content (AvgIpc) is 2.36. The van der Waals surface area contributed by atoms with Crippen LogP contribution in [0.2, 0.25) is 5.02 Å². The van der Waals surface area contributed by atoms with Crippen LogP contribution in [0.5, 0.6) is 0 Å². The highest BCUT2D eigenvalue weighted by molar-refractivity contribution is 14.1. The topological polar surface area (TPSA) is 45.1 Å². The van der Waals surface area contributed by atoms with Crippen molar-refractivity contribution in [3.63, 3.8) is 0 Å². The maximum Gasteiger partial charge on any atom is 0.127 e. The lowest BCUT2D eigenvalue weighted by Gasteiger charge is -2.25. The van der Waals surface area contributed by atoms with E-state index in [0.717, 1.165) is 34.3 Å². The fourth-order valence-electron chi connectivity index (χ4n) is 1.86. The van der Waals surface area contributed by atoms with E-state index in [1.807, 2.05) is 12.1 Å². The van der Waals surface area contributed by atoms with Crippen LogP contribution in [-0.2, 0) is 4.74 Å². The van der Waals surface area contributed by atoms with Gasteiger partial charge in [0.05, 0.1) is 5.02 Å². The first-order valence-electron chi connectivity index (χ1n) is 5.59. The van der Waals surface area contributed by atoms with Gasteiger partial charge in [0.25, 0.3) is 0 Å². The molecule has 1 atom stereocenters. The standard InChI is InChI=1S/C12H14ClIN2O/c13-9-4-5-10(8(7-15)12(9)14)16-11-3-1-2-6-17-11/h4-5,7,11,15-16H,1-3,6H2. The van der Waals surface area contributed by atoms with Crippen LogP contribution in [0.3, 0.4) is 0 Å². The Morgan fingerprint density at radius 1 is 1.47 bits per heavy atom. The van der Waals surface area contributed by atoms with Crippen molar-refractivity contribution in [2.24, 2.45) is 0 Å². The van der Waals surface area contributed by atoms with E-state index in [9.17, 15) is 0 Å². The highest BCUT2D eigenvalue weighted by atomic mass is 127. The van der Waals surface area contributed by atoms with Gasteiger partial charge in [-0.2, -0.15) is 0 Å². The third kappa shape index (κ3) is 3.11. The molecule has 1 aliphatic rings. The highest BCUT2D eigenvalue weighted by Crippen LogP contribution is 2.28. The van der Waals surface area contributed by atoms with Crippen LogP contribution in [0.25, 0.3) is 0 Å². The van der Waals surface area contributed by atoms with Crippen molar-refractivity contribution >= 4 is 46.1 Å². The largest absolute Gasteiger partial charge is 0.360 e. The molecular weight excluding hydrogens is 351 g/mol. The summed E-state index contributed by atoms with van der Waals surface area (Å²) in [6.45, 7) is 0.808. The molecule has 1 fully saturated rings. The molecule has 1 heterocycles. The van der Waals surface area contributed by atoms with Gasteiger partial charge >= 0.3 is 0 Å². The van der Waals surface area contributed by atoms with E-state index in [1.165, 1.54) is 12.6 Å². The highest BCUT2D eigenvalue weighted by Gasteiger charge is 2.16. The SMILES string of the molecule is N=Cc1c(NC2CCCCO2)ccc(Cl)c1I. The zero-order valence-corrected chi connectivity index (χ0v) is 12.2. The molecule has 0 aliphatic carbocycles. The summed E-state index contributed by atoms with van der Waals surface area (Å²) in [4.78, 5) is 0. The molecule has 1 aliphatic heterocycles. The molecule has 0 amide bonds. The van der Waals surface area contributed by atoms with Gasteiger partial charge in [0.1, 0.15) is 6.23 Å². The van der Waals surface area contributed by atoms with Crippen molar-refractivity contribution in [2.75, 3.05) is 11.9 Å². The third-order valence-electron chi connectivity index (χ3n) is 2.77. The summed E-state index contributed by atoms with van der Waals surface area (Å²) < 4.78 is 6.53. The van der Waals surface area contributed by atoms with Crippen molar-refractivity contribution in [2.45, 2.75) is 25.5 Å². The molecule has 17 heavy (non-hydrogen) atoms. The van der Waals surface area contributed by atoms with Gasteiger partial charge in [-0.3, -0.25) is 0 Å². The van der Waals surface area contributed by atoms with E-state index < -0.39 is 0 Å². The van der Waals surface area contributed by atoms with E-state index in [4.69, 9.17) is 21.7 Å². The molecule has 2 rings (SSSR count). The Hall–Kier alpha value is -0.330. The quantitative estimate of drug-likeness (QED) is 0.631. The van der Waals surface area contributed by atoms with E-state index in [1.54, 1.807) is 0 Å². The molecule has 0 radical (unpaired) electrons. The minimum Gasteiger partial charge on any atom is -0.360 e. The zero-order chi connectivity index (χ0) is 12.3. The Bertz CT molecular complexity index is 419. The monoisotopic (exact) mass is 364 g/mol. The van der Waals surface area contributed by atoms with Crippen LogP contribution in [0, 0.1) is 8.98 Å². The Morgan fingerprint density at radius 2 is 2.29 bits per heavy atom.